The zero-order valence-electron chi connectivity index (χ0n) is 17.0. The van der Waals surface area contributed by atoms with Gasteiger partial charge >= 0.3 is 6.03 Å². The Morgan fingerprint density at radius 1 is 1.00 bits per heavy atom. The predicted octanol–water partition coefficient (Wildman–Crippen LogP) is 6.34. The van der Waals surface area contributed by atoms with Crippen LogP contribution in [0.3, 0.4) is 0 Å². The Morgan fingerprint density at radius 3 is 2.48 bits per heavy atom. The van der Waals surface area contributed by atoms with Crippen molar-refractivity contribution in [1.82, 2.24) is 9.78 Å². The van der Waals surface area contributed by atoms with Crippen molar-refractivity contribution in [3.05, 3.63) is 71.2 Å². The largest absolute Gasteiger partial charge is 0.324 e. The van der Waals surface area contributed by atoms with Crippen LogP contribution in [0.25, 0.3) is 15.8 Å². The number of para-hydroxylation sites is 1. The van der Waals surface area contributed by atoms with E-state index >= 15 is 0 Å². The number of amides is 2. The number of carbonyl (C=O) groups excluding carboxylic acids is 1. The molecule has 0 fully saturated rings. The number of thiophene rings is 1. The summed E-state index contributed by atoms with van der Waals surface area (Å²) in [6, 6.07) is 17.5. The molecule has 4 rings (SSSR count). The zero-order valence-corrected chi connectivity index (χ0v) is 17.8. The van der Waals surface area contributed by atoms with Gasteiger partial charge in [-0.1, -0.05) is 51.1 Å². The van der Waals surface area contributed by atoms with Crippen LogP contribution in [0.1, 0.15) is 32.0 Å². The molecule has 2 aromatic heterocycles. The van der Waals surface area contributed by atoms with Gasteiger partial charge in [-0.3, -0.25) is 5.32 Å². The molecule has 0 radical (unpaired) electrons. The van der Waals surface area contributed by atoms with Crippen LogP contribution in [0.5, 0.6) is 0 Å². The van der Waals surface area contributed by atoms with Crippen LogP contribution in [-0.4, -0.2) is 15.8 Å². The third-order valence-corrected chi connectivity index (χ3v) is 5.76. The van der Waals surface area contributed by atoms with Crippen molar-refractivity contribution in [2.75, 3.05) is 10.6 Å². The molecule has 2 heterocycles. The highest BCUT2D eigenvalue weighted by Crippen LogP contribution is 2.32. The Balaban J connectivity index is 1.69. The van der Waals surface area contributed by atoms with E-state index in [1.54, 1.807) is 16.0 Å². The second-order valence-corrected chi connectivity index (χ2v) is 8.96. The van der Waals surface area contributed by atoms with E-state index < -0.39 is 0 Å². The Labute approximate surface area is 174 Å². The summed E-state index contributed by atoms with van der Waals surface area (Å²) in [5.41, 5.74) is 3.48. The molecule has 0 unspecified atom stereocenters. The third-order valence-electron chi connectivity index (χ3n) is 4.79. The average Bonchev–Trinajstić information content (AvgIpc) is 3.28. The number of rotatable bonds is 3. The first kappa shape index (κ1) is 19.2. The van der Waals surface area contributed by atoms with Gasteiger partial charge in [0, 0.05) is 11.0 Å². The van der Waals surface area contributed by atoms with Crippen molar-refractivity contribution < 1.29 is 4.79 Å². The maximum atomic E-state index is 12.9. The summed E-state index contributed by atoms with van der Waals surface area (Å²) in [5, 5.41) is 14.0. The first-order chi connectivity index (χ1) is 13.8. The van der Waals surface area contributed by atoms with Gasteiger partial charge in [0.05, 0.1) is 21.8 Å². The molecule has 148 valence electrons. The molecule has 5 nitrogen and oxygen atoms in total. The van der Waals surface area contributed by atoms with Crippen LogP contribution >= 0.6 is 11.3 Å². The van der Waals surface area contributed by atoms with Gasteiger partial charge in [-0.15, -0.1) is 11.3 Å². The van der Waals surface area contributed by atoms with E-state index in [1.165, 1.54) is 0 Å². The highest BCUT2D eigenvalue weighted by Gasteiger charge is 2.26. The number of nitrogens with zero attached hydrogens (tertiary/aromatic N) is 2. The molecule has 2 amide bonds. The number of nitrogens with one attached hydrogen (secondary N) is 2. The van der Waals surface area contributed by atoms with Crippen molar-refractivity contribution in [2.24, 2.45) is 0 Å². The summed E-state index contributed by atoms with van der Waals surface area (Å²) in [6.07, 6.45) is 0. The highest BCUT2D eigenvalue weighted by atomic mass is 32.1. The van der Waals surface area contributed by atoms with Crippen LogP contribution in [0.2, 0.25) is 0 Å². The van der Waals surface area contributed by atoms with E-state index in [1.807, 2.05) is 66.9 Å². The highest BCUT2D eigenvalue weighted by molar-refractivity contribution is 7.17. The van der Waals surface area contributed by atoms with E-state index in [0.717, 1.165) is 32.7 Å². The molecule has 0 saturated heterocycles. The summed E-state index contributed by atoms with van der Waals surface area (Å²) in [5.74, 6) is 0.678. The van der Waals surface area contributed by atoms with Crippen molar-refractivity contribution in [1.29, 1.82) is 0 Å². The van der Waals surface area contributed by atoms with Gasteiger partial charge in [0.15, 0.2) is 0 Å². The monoisotopic (exact) mass is 404 g/mol. The van der Waals surface area contributed by atoms with Gasteiger partial charge in [0.1, 0.15) is 5.82 Å². The number of carbonyl (C=O) groups is 1. The number of hydrogen-bond donors (Lipinski definition) is 2. The molecule has 0 aliphatic rings. The molecule has 0 saturated carbocycles. The van der Waals surface area contributed by atoms with E-state index in [2.05, 4.69) is 31.4 Å². The van der Waals surface area contributed by atoms with Gasteiger partial charge in [0.25, 0.3) is 0 Å². The van der Waals surface area contributed by atoms with E-state index in [0.29, 0.717) is 5.82 Å². The lowest BCUT2D eigenvalue weighted by atomic mass is 9.90. The molecule has 2 aromatic carbocycles. The van der Waals surface area contributed by atoms with Crippen LogP contribution in [0.4, 0.5) is 16.3 Å². The van der Waals surface area contributed by atoms with Crippen LogP contribution in [-0.2, 0) is 5.41 Å². The molecule has 0 bridgehead atoms. The molecule has 29 heavy (non-hydrogen) atoms. The smallest absolute Gasteiger partial charge is 0.306 e. The minimum absolute atomic E-state index is 0.139. The number of urea groups is 1. The Morgan fingerprint density at radius 2 is 1.76 bits per heavy atom. The number of hydrogen-bond acceptors (Lipinski definition) is 3. The number of fused-ring (bicyclic) bond motifs is 1. The number of aromatic nitrogens is 2. The SMILES string of the molecule is Cc1c(C(C)(C)C)nn(-c2ccccc2)c1NC(=O)Nc1cccc2ccsc12. The lowest BCUT2D eigenvalue weighted by Crippen LogP contribution is -2.22. The minimum atomic E-state index is -0.286. The van der Waals surface area contributed by atoms with Crippen LogP contribution < -0.4 is 10.6 Å². The second kappa shape index (κ2) is 7.37. The van der Waals surface area contributed by atoms with E-state index in [9.17, 15) is 4.79 Å². The molecule has 0 atom stereocenters. The van der Waals surface area contributed by atoms with Crippen molar-refractivity contribution in [3.8, 4) is 5.69 Å². The van der Waals surface area contributed by atoms with E-state index in [-0.39, 0.29) is 11.4 Å². The van der Waals surface area contributed by atoms with Gasteiger partial charge in [-0.25, -0.2) is 9.48 Å². The molecule has 6 heteroatoms. The Kier molecular flexibility index (Phi) is 4.88. The average molecular weight is 405 g/mol. The fourth-order valence-corrected chi connectivity index (χ4v) is 4.33. The summed E-state index contributed by atoms with van der Waals surface area (Å²) in [6.45, 7) is 8.37. The van der Waals surface area contributed by atoms with Crippen molar-refractivity contribution >= 4 is 39.0 Å². The summed E-state index contributed by atoms with van der Waals surface area (Å²) in [7, 11) is 0. The Hall–Kier alpha value is -3.12. The standard InChI is InChI=1S/C23H24N4OS/c1-15-20(23(2,3)4)26-27(17-10-6-5-7-11-17)21(15)25-22(28)24-18-12-8-9-16-13-14-29-19(16)18/h5-14H,1-4H3,(H2,24,25,28). The topological polar surface area (TPSA) is 59.0 Å². The molecule has 4 aromatic rings. The van der Waals surface area contributed by atoms with Crippen LogP contribution in [0.15, 0.2) is 60.0 Å². The van der Waals surface area contributed by atoms with Gasteiger partial charge in [-0.2, -0.15) is 5.10 Å². The summed E-state index contributed by atoms with van der Waals surface area (Å²) in [4.78, 5) is 12.9. The number of benzene rings is 2. The third kappa shape index (κ3) is 3.76. The molecule has 0 aliphatic carbocycles. The maximum Gasteiger partial charge on any atom is 0.324 e. The number of anilines is 2. The van der Waals surface area contributed by atoms with Gasteiger partial charge < -0.3 is 5.32 Å². The zero-order chi connectivity index (χ0) is 20.6. The first-order valence-corrected chi connectivity index (χ1v) is 10.4. The van der Waals surface area contributed by atoms with Gasteiger partial charge in [-0.05, 0) is 42.0 Å². The molecule has 0 spiro atoms. The molecule has 2 N–H and O–H groups in total. The Bertz CT molecular complexity index is 1170. The van der Waals surface area contributed by atoms with Crippen molar-refractivity contribution in [3.63, 3.8) is 0 Å². The molecular weight excluding hydrogens is 380 g/mol. The van der Waals surface area contributed by atoms with Crippen LogP contribution in [0, 0.1) is 6.92 Å². The summed E-state index contributed by atoms with van der Waals surface area (Å²) < 4.78 is 2.87. The normalized spacial score (nSPS) is 11.6. The lowest BCUT2D eigenvalue weighted by molar-refractivity contribution is 0.262. The fourth-order valence-electron chi connectivity index (χ4n) is 3.46. The van der Waals surface area contributed by atoms with E-state index in [4.69, 9.17) is 5.10 Å². The minimum Gasteiger partial charge on any atom is -0.306 e. The fraction of sp³-hybridized carbons (Fsp3) is 0.217. The maximum absolute atomic E-state index is 12.9. The van der Waals surface area contributed by atoms with Gasteiger partial charge in [0.2, 0.25) is 0 Å². The molecule has 0 aliphatic heterocycles. The lowest BCUT2D eigenvalue weighted by Gasteiger charge is -2.16. The summed E-state index contributed by atoms with van der Waals surface area (Å²) >= 11 is 1.61. The quantitative estimate of drug-likeness (QED) is 0.419. The molecular formula is C23H24N4OS. The first-order valence-electron chi connectivity index (χ1n) is 9.54. The predicted molar refractivity (Wildman–Crippen MR) is 121 cm³/mol. The van der Waals surface area contributed by atoms with Crippen molar-refractivity contribution in [2.45, 2.75) is 33.1 Å². The second-order valence-electron chi connectivity index (χ2n) is 8.04.